The van der Waals surface area contributed by atoms with E-state index in [2.05, 4.69) is 10.3 Å². The summed E-state index contributed by atoms with van der Waals surface area (Å²) < 4.78 is 4.69. The molecule has 0 aliphatic rings. The summed E-state index contributed by atoms with van der Waals surface area (Å²) in [6.07, 6.45) is 0. The first-order chi connectivity index (χ1) is 11.0. The van der Waals surface area contributed by atoms with Gasteiger partial charge in [-0.15, -0.1) is 0 Å². The first-order valence-corrected chi connectivity index (χ1v) is 6.89. The second kappa shape index (κ2) is 7.22. The van der Waals surface area contributed by atoms with Crippen molar-refractivity contribution in [3.8, 4) is 0 Å². The van der Waals surface area contributed by atoms with Crippen molar-refractivity contribution in [2.75, 3.05) is 12.4 Å². The molecule has 23 heavy (non-hydrogen) atoms. The average molecular weight is 313 g/mol. The third-order valence-corrected chi connectivity index (χ3v) is 3.14. The number of carbonyl (C=O) groups excluding carboxylic acids is 2. The van der Waals surface area contributed by atoms with Crippen molar-refractivity contribution < 1.29 is 24.4 Å². The monoisotopic (exact) mass is 313 g/mol. The molecule has 0 radical (unpaired) electrons. The lowest BCUT2D eigenvalue weighted by molar-refractivity contribution is -0.365. The van der Waals surface area contributed by atoms with Crippen LogP contribution in [-0.2, 0) is 4.74 Å². The van der Waals surface area contributed by atoms with Crippen LogP contribution in [0.4, 0.5) is 11.4 Å². The summed E-state index contributed by atoms with van der Waals surface area (Å²) in [7, 11) is 1.29. The van der Waals surface area contributed by atoms with Gasteiger partial charge in [0.25, 0.3) is 0 Å². The number of hydrogen-bond donors (Lipinski definition) is 3. The van der Waals surface area contributed by atoms with Gasteiger partial charge in [-0.2, -0.15) is 0 Å². The van der Waals surface area contributed by atoms with E-state index < -0.39 is 5.97 Å². The minimum absolute atomic E-state index is 0.0325. The summed E-state index contributed by atoms with van der Waals surface area (Å²) in [5, 5.41) is 12.7. The van der Waals surface area contributed by atoms with Gasteiger partial charge in [-0.3, -0.25) is 4.79 Å². The Morgan fingerprint density at radius 3 is 2.35 bits per heavy atom. The largest absolute Gasteiger partial charge is 0.465 e. The standard InChI is InChI=1S/C17H16N2O4/c1-11(20)12-7-9-13(10-8-12)18-17(22)19-15-6-4-3-5-14(15)16(21)23-2/h3-10H,1-2H3,(H2,18,19,22)/p+1. The summed E-state index contributed by atoms with van der Waals surface area (Å²) >= 11 is 0. The molecule has 0 heterocycles. The average Bonchev–Trinajstić information content (AvgIpc) is 2.55. The number of amidine groups is 1. The summed E-state index contributed by atoms with van der Waals surface area (Å²) in [6.45, 7) is 1.48. The molecule has 0 aliphatic heterocycles. The van der Waals surface area contributed by atoms with Gasteiger partial charge in [0.1, 0.15) is 16.9 Å². The normalized spacial score (nSPS) is 11.0. The van der Waals surface area contributed by atoms with E-state index in [1.54, 1.807) is 48.5 Å². The summed E-state index contributed by atoms with van der Waals surface area (Å²) in [5.41, 5.74) is 1.88. The molecular formula is C17H17N2O4+. The zero-order valence-electron chi connectivity index (χ0n) is 12.8. The number of hydrogen-bond acceptors (Lipinski definition) is 3. The fourth-order valence-electron chi connectivity index (χ4n) is 1.96. The Kier molecular flexibility index (Phi) is 5.09. The fraction of sp³-hybridized carbons (Fsp3) is 0.118. The van der Waals surface area contributed by atoms with Gasteiger partial charge in [-0.05, 0) is 43.3 Å². The first kappa shape index (κ1) is 16.2. The number of ketones is 1. The Balaban J connectivity index is 2.20. The van der Waals surface area contributed by atoms with Crippen molar-refractivity contribution in [3.05, 3.63) is 59.7 Å². The fourth-order valence-corrected chi connectivity index (χ4v) is 1.96. The third kappa shape index (κ3) is 4.16. The van der Waals surface area contributed by atoms with Crippen LogP contribution in [0.25, 0.3) is 0 Å². The molecule has 0 spiro atoms. The molecule has 0 aromatic heterocycles. The maximum absolute atomic E-state index is 11.7. The third-order valence-electron chi connectivity index (χ3n) is 3.14. The van der Waals surface area contributed by atoms with E-state index >= 15 is 0 Å². The molecule has 3 N–H and O–H groups in total. The van der Waals surface area contributed by atoms with E-state index in [0.717, 1.165) is 0 Å². The number of esters is 1. The molecule has 0 saturated heterocycles. The topological polar surface area (TPSA) is 89.6 Å². The smallest absolute Gasteiger partial charge is 0.449 e. The van der Waals surface area contributed by atoms with E-state index in [1.165, 1.54) is 14.0 Å². The van der Waals surface area contributed by atoms with Crippen LogP contribution in [0.3, 0.4) is 0 Å². The Labute approximate surface area is 133 Å². The number of methoxy groups -OCH3 is 1. The number of rotatable bonds is 4. The quantitative estimate of drug-likeness (QED) is 0.344. The molecule has 0 amide bonds. The van der Waals surface area contributed by atoms with Gasteiger partial charge in [0.05, 0.1) is 7.11 Å². The van der Waals surface area contributed by atoms with Crippen LogP contribution < -0.4 is 10.3 Å². The molecule has 2 rings (SSSR count). The van der Waals surface area contributed by atoms with Gasteiger partial charge >= 0.3 is 12.0 Å². The number of ether oxygens (including phenoxy) is 1. The van der Waals surface area contributed by atoms with Crippen LogP contribution in [0.1, 0.15) is 27.6 Å². The van der Waals surface area contributed by atoms with E-state index in [0.29, 0.717) is 22.5 Å². The summed E-state index contributed by atoms with van der Waals surface area (Å²) in [5.74, 6) is -0.540. The zero-order chi connectivity index (χ0) is 16.8. The number of carbonyl (C=O) groups is 2. The van der Waals surface area contributed by atoms with E-state index in [1.807, 2.05) is 0 Å². The molecule has 0 saturated carbocycles. The Hall–Kier alpha value is -3.15. The highest BCUT2D eigenvalue weighted by molar-refractivity contribution is 5.95. The molecule has 6 heteroatoms. The van der Waals surface area contributed by atoms with E-state index in [4.69, 9.17) is 4.74 Å². The van der Waals surface area contributed by atoms with Crippen molar-refractivity contribution in [2.24, 2.45) is 0 Å². The number of aliphatic hydroxyl groups excluding tert-OH is 1. The van der Waals surface area contributed by atoms with Gasteiger partial charge < -0.3 is 9.84 Å². The van der Waals surface area contributed by atoms with Gasteiger partial charge in [0, 0.05) is 5.56 Å². The zero-order valence-corrected chi connectivity index (χ0v) is 12.8. The molecule has 118 valence electrons. The molecule has 0 atom stereocenters. The maximum Gasteiger partial charge on any atom is 0.449 e. The van der Waals surface area contributed by atoms with Gasteiger partial charge in [-0.25, -0.2) is 15.1 Å². The number of aliphatic hydroxyl groups is 1. The van der Waals surface area contributed by atoms with Gasteiger partial charge in [0.15, 0.2) is 5.78 Å². The van der Waals surface area contributed by atoms with Crippen LogP contribution >= 0.6 is 0 Å². The maximum atomic E-state index is 11.7. The lowest BCUT2D eigenvalue weighted by Gasteiger charge is -2.02. The van der Waals surface area contributed by atoms with Crippen molar-refractivity contribution in [2.45, 2.75) is 6.92 Å². The van der Waals surface area contributed by atoms with Gasteiger partial charge in [0.2, 0.25) is 0 Å². The molecular weight excluding hydrogens is 296 g/mol. The van der Waals surface area contributed by atoms with Crippen molar-refractivity contribution in [1.29, 1.82) is 0 Å². The predicted octanol–water partition coefficient (Wildman–Crippen LogP) is 1.41. The van der Waals surface area contributed by atoms with Crippen LogP contribution in [0.2, 0.25) is 0 Å². The van der Waals surface area contributed by atoms with Crippen LogP contribution in [0.15, 0.2) is 48.5 Å². The number of nitrogens with one attached hydrogen (secondary N) is 2. The first-order valence-electron chi connectivity index (χ1n) is 6.89. The minimum atomic E-state index is -0.508. The summed E-state index contributed by atoms with van der Waals surface area (Å²) in [6, 6.07) is 13.0. The molecule has 0 bridgehead atoms. The molecule has 0 fully saturated rings. The van der Waals surface area contributed by atoms with Crippen LogP contribution in [0.5, 0.6) is 0 Å². The van der Waals surface area contributed by atoms with Crippen molar-refractivity contribution >= 4 is 29.1 Å². The Morgan fingerprint density at radius 2 is 1.74 bits per heavy atom. The molecule has 0 unspecified atom stereocenters. The lowest BCUT2D eigenvalue weighted by atomic mass is 10.1. The number of Topliss-reactive ketones (excluding diaryl/α,β-unsaturated/α-hetero) is 1. The minimum Gasteiger partial charge on any atom is -0.465 e. The molecule has 6 nitrogen and oxygen atoms in total. The summed E-state index contributed by atoms with van der Waals surface area (Å²) in [4.78, 5) is 25.6. The molecule has 2 aromatic carbocycles. The number of para-hydroxylation sites is 1. The highest BCUT2D eigenvalue weighted by Crippen LogP contribution is 2.11. The SMILES string of the molecule is COC(=O)c1ccccc1[NH+]=C(O)Nc1ccc(C(C)=O)cc1. The Bertz CT molecular complexity index is 751. The van der Waals surface area contributed by atoms with Crippen LogP contribution in [-0.4, -0.2) is 30.0 Å². The second-order valence-electron chi connectivity index (χ2n) is 4.77. The Morgan fingerprint density at radius 1 is 1.09 bits per heavy atom. The highest BCUT2D eigenvalue weighted by Gasteiger charge is 2.14. The predicted molar refractivity (Wildman–Crippen MR) is 86.1 cm³/mol. The van der Waals surface area contributed by atoms with Crippen molar-refractivity contribution in [3.63, 3.8) is 0 Å². The van der Waals surface area contributed by atoms with Crippen LogP contribution in [0, 0.1) is 0 Å². The van der Waals surface area contributed by atoms with Crippen molar-refractivity contribution in [1.82, 2.24) is 0 Å². The lowest BCUT2D eigenvalue weighted by Crippen LogP contribution is -2.69. The highest BCUT2D eigenvalue weighted by atomic mass is 16.5. The number of benzene rings is 2. The second-order valence-corrected chi connectivity index (χ2v) is 4.77. The van der Waals surface area contributed by atoms with E-state index in [-0.39, 0.29) is 11.8 Å². The molecule has 2 aromatic rings. The number of anilines is 1. The van der Waals surface area contributed by atoms with E-state index in [9.17, 15) is 14.7 Å². The van der Waals surface area contributed by atoms with Gasteiger partial charge in [-0.1, -0.05) is 12.1 Å². The molecule has 0 aliphatic carbocycles.